The van der Waals surface area contributed by atoms with Crippen molar-refractivity contribution in [1.82, 2.24) is 20.0 Å². The van der Waals surface area contributed by atoms with Crippen LogP contribution < -0.4 is 5.32 Å². The number of hydrogen-bond acceptors (Lipinski definition) is 2. The highest BCUT2D eigenvalue weighted by molar-refractivity contribution is 5.74. The summed E-state index contributed by atoms with van der Waals surface area (Å²) in [5.41, 5.74) is 1.04. The van der Waals surface area contributed by atoms with Gasteiger partial charge in [0.05, 0.1) is 12.7 Å². The van der Waals surface area contributed by atoms with E-state index in [4.69, 9.17) is 0 Å². The number of hydrogen-bond donors (Lipinski definition) is 1. The van der Waals surface area contributed by atoms with Crippen molar-refractivity contribution >= 4 is 6.03 Å². The fourth-order valence-electron chi connectivity index (χ4n) is 1.73. The lowest BCUT2D eigenvalue weighted by Gasteiger charge is -2.20. The highest BCUT2D eigenvalue weighted by atomic mass is 16.2. The van der Waals surface area contributed by atoms with Crippen LogP contribution in [0.5, 0.6) is 0 Å². The van der Waals surface area contributed by atoms with Gasteiger partial charge in [0, 0.05) is 31.9 Å². The Kier molecular flexibility index (Phi) is 5.00. The summed E-state index contributed by atoms with van der Waals surface area (Å²) in [4.78, 5) is 13.5. The maximum absolute atomic E-state index is 11.8. The largest absolute Gasteiger partial charge is 0.336 e. The standard InChI is InChI=1S/C12H22N4O/c1-5-6-10(2)14-12(17)15(3)8-11-7-13-16(4)9-11/h7,9-10H,5-6,8H2,1-4H3,(H,14,17)/t10-/m1/s1. The fraction of sp³-hybridized carbons (Fsp3) is 0.667. The first-order valence-corrected chi connectivity index (χ1v) is 6.02. The van der Waals surface area contributed by atoms with E-state index in [9.17, 15) is 4.79 Å². The first-order valence-electron chi connectivity index (χ1n) is 6.02. The number of carbonyl (C=O) groups excluding carboxylic acids is 1. The van der Waals surface area contributed by atoms with Crippen molar-refractivity contribution in [2.24, 2.45) is 7.05 Å². The van der Waals surface area contributed by atoms with Crippen LogP contribution in [0, 0.1) is 0 Å². The monoisotopic (exact) mass is 238 g/mol. The molecular weight excluding hydrogens is 216 g/mol. The highest BCUT2D eigenvalue weighted by Gasteiger charge is 2.12. The van der Waals surface area contributed by atoms with Gasteiger partial charge in [-0.05, 0) is 13.3 Å². The van der Waals surface area contributed by atoms with E-state index in [1.54, 1.807) is 22.8 Å². The Morgan fingerprint density at radius 2 is 2.35 bits per heavy atom. The minimum atomic E-state index is -0.0326. The van der Waals surface area contributed by atoms with Crippen LogP contribution in [0.2, 0.25) is 0 Å². The van der Waals surface area contributed by atoms with Gasteiger partial charge in [0.25, 0.3) is 0 Å². The van der Waals surface area contributed by atoms with E-state index in [0.29, 0.717) is 6.54 Å². The Balaban J connectivity index is 2.41. The Bertz CT molecular complexity index is 361. The second kappa shape index (κ2) is 6.27. The van der Waals surface area contributed by atoms with Gasteiger partial charge in [-0.2, -0.15) is 5.10 Å². The van der Waals surface area contributed by atoms with Gasteiger partial charge < -0.3 is 10.2 Å². The van der Waals surface area contributed by atoms with Gasteiger partial charge in [0.2, 0.25) is 0 Å². The van der Waals surface area contributed by atoms with E-state index < -0.39 is 0 Å². The number of aromatic nitrogens is 2. The molecule has 0 aliphatic rings. The van der Waals surface area contributed by atoms with Gasteiger partial charge in [-0.15, -0.1) is 0 Å². The highest BCUT2D eigenvalue weighted by Crippen LogP contribution is 2.02. The summed E-state index contributed by atoms with van der Waals surface area (Å²) in [5.74, 6) is 0. The van der Waals surface area contributed by atoms with Gasteiger partial charge in [-0.25, -0.2) is 4.79 Å². The quantitative estimate of drug-likeness (QED) is 0.849. The summed E-state index contributed by atoms with van der Waals surface area (Å²) in [6.07, 6.45) is 5.78. The third-order valence-electron chi connectivity index (χ3n) is 2.62. The molecule has 0 spiro atoms. The summed E-state index contributed by atoms with van der Waals surface area (Å²) in [6.45, 7) is 4.72. The average Bonchev–Trinajstić information content (AvgIpc) is 2.64. The number of amides is 2. The molecule has 96 valence electrons. The van der Waals surface area contributed by atoms with Gasteiger partial charge in [-0.1, -0.05) is 13.3 Å². The predicted octanol–water partition coefficient (Wildman–Crippen LogP) is 1.75. The molecule has 0 radical (unpaired) electrons. The number of aryl methyl sites for hydroxylation is 1. The fourth-order valence-corrected chi connectivity index (χ4v) is 1.73. The zero-order valence-corrected chi connectivity index (χ0v) is 11.1. The number of rotatable bonds is 5. The minimum Gasteiger partial charge on any atom is -0.336 e. The van der Waals surface area contributed by atoms with Crippen LogP contribution >= 0.6 is 0 Å². The maximum atomic E-state index is 11.8. The lowest BCUT2D eigenvalue weighted by atomic mass is 10.2. The summed E-state index contributed by atoms with van der Waals surface area (Å²) >= 11 is 0. The number of urea groups is 1. The summed E-state index contributed by atoms with van der Waals surface area (Å²) in [6, 6.07) is 0.193. The second-order valence-corrected chi connectivity index (χ2v) is 4.52. The predicted molar refractivity (Wildman–Crippen MR) is 67.6 cm³/mol. The van der Waals surface area contributed by atoms with Gasteiger partial charge in [0.15, 0.2) is 0 Å². The van der Waals surface area contributed by atoms with Crippen molar-refractivity contribution < 1.29 is 4.79 Å². The normalized spacial score (nSPS) is 12.2. The maximum Gasteiger partial charge on any atom is 0.317 e. The van der Waals surface area contributed by atoms with Crippen LogP contribution in [0.3, 0.4) is 0 Å². The van der Waals surface area contributed by atoms with E-state index >= 15 is 0 Å². The Morgan fingerprint density at radius 1 is 1.65 bits per heavy atom. The summed E-state index contributed by atoms with van der Waals surface area (Å²) in [7, 11) is 3.66. The van der Waals surface area contributed by atoms with Crippen molar-refractivity contribution in [3.8, 4) is 0 Å². The second-order valence-electron chi connectivity index (χ2n) is 4.52. The molecule has 0 bridgehead atoms. The van der Waals surface area contributed by atoms with Crippen LogP contribution in [-0.4, -0.2) is 33.8 Å². The Labute approximate surface area is 103 Å². The van der Waals surface area contributed by atoms with Crippen molar-refractivity contribution in [2.45, 2.75) is 39.3 Å². The molecular formula is C12H22N4O. The molecule has 1 heterocycles. The third kappa shape index (κ3) is 4.46. The lowest BCUT2D eigenvalue weighted by molar-refractivity contribution is 0.203. The summed E-state index contributed by atoms with van der Waals surface area (Å²) in [5, 5.41) is 7.05. The minimum absolute atomic E-state index is 0.0326. The van der Waals surface area contributed by atoms with E-state index in [0.717, 1.165) is 18.4 Å². The number of nitrogens with one attached hydrogen (secondary N) is 1. The van der Waals surface area contributed by atoms with E-state index in [-0.39, 0.29) is 12.1 Å². The topological polar surface area (TPSA) is 50.2 Å². The molecule has 0 aliphatic heterocycles. The molecule has 0 fully saturated rings. The van der Waals surface area contributed by atoms with Crippen LogP contribution in [-0.2, 0) is 13.6 Å². The zero-order chi connectivity index (χ0) is 12.8. The molecule has 0 saturated heterocycles. The molecule has 0 unspecified atom stereocenters. The molecule has 1 atom stereocenters. The van der Waals surface area contributed by atoms with Crippen molar-refractivity contribution in [2.75, 3.05) is 7.05 Å². The zero-order valence-electron chi connectivity index (χ0n) is 11.1. The van der Waals surface area contributed by atoms with Crippen LogP contribution in [0.1, 0.15) is 32.3 Å². The molecule has 0 aliphatic carbocycles. The number of carbonyl (C=O) groups is 1. The van der Waals surface area contributed by atoms with Crippen LogP contribution in [0.15, 0.2) is 12.4 Å². The molecule has 2 amide bonds. The van der Waals surface area contributed by atoms with E-state index in [1.165, 1.54) is 0 Å². The average molecular weight is 238 g/mol. The van der Waals surface area contributed by atoms with E-state index in [1.807, 2.05) is 20.2 Å². The van der Waals surface area contributed by atoms with Crippen LogP contribution in [0.4, 0.5) is 4.79 Å². The molecule has 1 aromatic heterocycles. The first kappa shape index (κ1) is 13.5. The molecule has 0 saturated carbocycles. The number of nitrogens with zero attached hydrogens (tertiary/aromatic N) is 3. The third-order valence-corrected chi connectivity index (χ3v) is 2.62. The van der Waals surface area contributed by atoms with Gasteiger partial charge >= 0.3 is 6.03 Å². The van der Waals surface area contributed by atoms with Crippen molar-refractivity contribution in [3.05, 3.63) is 18.0 Å². The van der Waals surface area contributed by atoms with Crippen LogP contribution in [0.25, 0.3) is 0 Å². The first-order chi connectivity index (χ1) is 8.02. The molecule has 1 rings (SSSR count). The Morgan fingerprint density at radius 3 is 2.88 bits per heavy atom. The summed E-state index contributed by atoms with van der Waals surface area (Å²) < 4.78 is 1.74. The molecule has 1 N–H and O–H groups in total. The molecule has 1 aromatic rings. The molecule has 5 heteroatoms. The lowest BCUT2D eigenvalue weighted by Crippen LogP contribution is -2.41. The molecule has 5 nitrogen and oxygen atoms in total. The smallest absolute Gasteiger partial charge is 0.317 e. The molecule has 17 heavy (non-hydrogen) atoms. The van der Waals surface area contributed by atoms with E-state index in [2.05, 4.69) is 17.3 Å². The Hall–Kier alpha value is -1.52. The molecule has 0 aromatic carbocycles. The van der Waals surface area contributed by atoms with Gasteiger partial charge in [0.1, 0.15) is 0 Å². The SMILES string of the molecule is CCC[C@@H](C)NC(=O)N(C)Cc1cnn(C)c1. The van der Waals surface area contributed by atoms with Crippen molar-refractivity contribution in [1.29, 1.82) is 0 Å². The van der Waals surface area contributed by atoms with Crippen molar-refractivity contribution in [3.63, 3.8) is 0 Å². The van der Waals surface area contributed by atoms with Gasteiger partial charge in [-0.3, -0.25) is 4.68 Å².